The Hall–Kier alpha value is -3.35. The van der Waals surface area contributed by atoms with E-state index in [-0.39, 0.29) is 6.04 Å². The molecule has 0 unspecified atom stereocenters. The molecule has 0 amide bonds. The second kappa shape index (κ2) is 11.6. The van der Waals surface area contributed by atoms with Crippen LogP contribution in [0.25, 0.3) is 0 Å². The quantitative estimate of drug-likeness (QED) is 0.159. The van der Waals surface area contributed by atoms with Crippen LogP contribution in [0, 0.1) is 12.8 Å². The Morgan fingerprint density at radius 1 is 0.975 bits per heavy atom. The van der Waals surface area contributed by atoms with E-state index < -0.39 is 0 Å². The van der Waals surface area contributed by atoms with Gasteiger partial charge in [-0.2, -0.15) is 0 Å². The molecule has 0 spiro atoms. The number of ether oxygens (including phenoxy) is 2. The summed E-state index contributed by atoms with van der Waals surface area (Å²) < 4.78 is 13.6. The largest absolute Gasteiger partial charge is 0.493 e. The van der Waals surface area contributed by atoms with E-state index in [9.17, 15) is 0 Å². The summed E-state index contributed by atoms with van der Waals surface area (Å²) in [5, 5.41) is 3.83. The predicted molar refractivity (Wildman–Crippen MR) is 170 cm³/mol. The maximum atomic E-state index is 6.09. The SMILES string of the molecule is COc1cc(C=Nc2ccc([C@@H]3Nc4ccc(C)cc4[C@@H]4C=CC[C@@H]43)cc2)cc(Br)c1OCc1ccc(Br)cc1. The highest BCUT2D eigenvalue weighted by atomic mass is 79.9. The highest BCUT2D eigenvalue weighted by molar-refractivity contribution is 9.10. The first-order chi connectivity index (χ1) is 19.5. The standard InChI is InChI=1S/C34H30Br2N2O2/c1-21-6-15-31-29(16-21)27-4-3-5-28(27)33(38-31)24-9-13-26(14-10-24)37-19-23-17-30(36)34(32(18-23)39-2)40-20-22-7-11-25(35)12-8-22/h3-4,6-19,27-28,33,38H,5,20H2,1-2H3/t27-,28+,33+/m1/s1. The molecule has 1 aliphatic carbocycles. The summed E-state index contributed by atoms with van der Waals surface area (Å²) in [6, 6.07) is 27.6. The number of aliphatic imine (C=N–C) groups is 1. The number of anilines is 1. The Morgan fingerprint density at radius 3 is 2.55 bits per heavy atom. The number of allylic oxidation sites excluding steroid dienone is 2. The minimum absolute atomic E-state index is 0.276. The first kappa shape index (κ1) is 26.9. The summed E-state index contributed by atoms with van der Waals surface area (Å²) in [7, 11) is 1.65. The van der Waals surface area contributed by atoms with E-state index in [1.54, 1.807) is 7.11 Å². The first-order valence-corrected chi connectivity index (χ1v) is 15.0. The third kappa shape index (κ3) is 5.61. The van der Waals surface area contributed by atoms with E-state index in [2.05, 4.69) is 98.7 Å². The Morgan fingerprint density at radius 2 is 1.77 bits per heavy atom. The molecule has 0 saturated carbocycles. The molecule has 0 fully saturated rings. The van der Waals surface area contributed by atoms with E-state index in [4.69, 9.17) is 14.5 Å². The van der Waals surface area contributed by atoms with Crippen LogP contribution in [0.5, 0.6) is 11.5 Å². The van der Waals surface area contributed by atoms with Crippen LogP contribution in [-0.4, -0.2) is 13.3 Å². The first-order valence-electron chi connectivity index (χ1n) is 13.4. The molecule has 1 aliphatic heterocycles. The van der Waals surface area contributed by atoms with Crippen molar-refractivity contribution in [3.8, 4) is 11.5 Å². The molecular formula is C34H30Br2N2O2. The second-order valence-corrected chi connectivity index (χ2v) is 12.1. The van der Waals surface area contributed by atoms with Gasteiger partial charge in [-0.15, -0.1) is 0 Å². The maximum Gasteiger partial charge on any atom is 0.175 e. The Bertz CT molecular complexity index is 1580. The molecule has 0 aromatic heterocycles. The molecule has 4 aromatic carbocycles. The molecule has 6 rings (SSSR count). The molecule has 202 valence electrons. The van der Waals surface area contributed by atoms with Crippen LogP contribution in [-0.2, 0) is 6.61 Å². The van der Waals surface area contributed by atoms with Crippen molar-refractivity contribution in [2.75, 3.05) is 12.4 Å². The van der Waals surface area contributed by atoms with E-state index in [1.807, 2.05) is 42.6 Å². The van der Waals surface area contributed by atoms with E-state index >= 15 is 0 Å². The van der Waals surface area contributed by atoms with Gasteiger partial charge in [0, 0.05) is 22.3 Å². The monoisotopic (exact) mass is 656 g/mol. The zero-order chi connectivity index (χ0) is 27.6. The molecule has 6 heteroatoms. The van der Waals surface area contributed by atoms with Gasteiger partial charge in [-0.3, -0.25) is 4.99 Å². The number of hydrogen-bond donors (Lipinski definition) is 1. The molecule has 4 aromatic rings. The summed E-state index contributed by atoms with van der Waals surface area (Å²) >= 11 is 7.12. The lowest BCUT2D eigenvalue weighted by molar-refractivity contribution is 0.282. The average molecular weight is 658 g/mol. The van der Waals surface area contributed by atoms with E-state index in [0.29, 0.717) is 29.9 Å². The number of benzene rings is 4. The fraction of sp³-hybridized carbons (Fsp3) is 0.206. The molecular weight excluding hydrogens is 628 g/mol. The van der Waals surface area contributed by atoms with Crippen LogP contribution in [0.1, 0.15) is 46.2 Å². The van der Waals surface area contributed by atoms with Crippen LogP contribution in [0.15, 0.2) is 105 Å². The van der Waals surface area contributed by atoms with Crippen molar-refractivity contribution in [2.45, 2.75) is 31.9 Å². The summed E-state index contributed by atoms with van der Waals surface area (Å²) in [6.07, 6.45) is 7.67. The lowest BCUT2D eigenvalue weighted by atomic mass is 9.76. The zero-order valence-corrected chi connectivity index (χ0v) is 25.6. The lowest BCUT2D eigenvalue weighted by Gasteiger charge is -2.37. The highest BCUT2D eigenvalue weighted by Gasteiger charge is 2.37. The van der Waals surface area contributed by atoms with Crippen molar-refractivity contribution in [2.24, 2.45) is 10.9 Å². The summed E-state index contributed by atoms with van der Waals surface area (Å²) in [4.78, 5) is 4.74. The number of nitrogens with one attached hydrogen (secondary N) is 1. The van der Waals surface area contributed by atoms with Gasteiger partial charge >= 0.3 is 0 Å². The van der Waals surface area contributed by atoms with Gasteiger partial charge in [0.25, 0.3) is 0 Å². The molecule has 0 radical (unpaired) electrons. The number of nitrogens with zero attached hydrogens (tertiary/aromatic N) is 1. The van der Waals surface area contributed by atoms with Gasteiger partial charge in [0.2, 0.25) is 0 Å². The van der Waals surface area contributed by atoms with Gasteiger partial charge in [-0.05, 0) is 99.9 Å². The predicted octanol–water partition coefficient (Wildman–Crippen LogP) is 9.68. The van der Waals surface area contributed by atoms with Gasteiger partial charge in [-0.1, -0.05) is 70.0 Å². The van der Waals surface area contributed by atoms with Crippen molar-refractivity contribution in [3.63, 3.8) is 0 Å². The fourth-order valence-electron chi connectivity index (χ4n) is 5.65. The van der Waals surface area contributed by atoms with Gasteiger partial charge < -0.3 is 14.8 Å². The smallest absolute Gasteiger partial charge is 0.175 e. The minimum Gasteiger partial charge on any atom is -0.493 e. The highest BCUT2D eigenvalue weighted by Crippen LogP contribution is 2.50. The Kier molecular flexibility index (Phi) is 7.81. The number of rotatable bonds is 7. The summed E-state index contributed by atoms with van der Waals surface area (Å²) in [6.45, 7) is 2.61. The molecule has 0 saturated heterocycles. The second-order valence-electron chi connectivity index (χ2n) is 10.4. The molecule has 1 heterocycles. The maximum absolute atomic E-state index is 6.09. The summed E-state index contributed by atoms with van der Waals surface area (Å²) in [5.74, 6) is 2.32. The third-order valence-electron chi connectivity index (χ3n) is 7.68. The lowest BCUT2D eigenvalue weighted by Crippen LogP contribution is -2.29. The minimum atomic E-state index is 0.276. The molecule has 3 atom stereocenters. The van der Waals surface area contributed by atoms with Crippen LogP contribution >= 0.6 is 31.9 Å². The van der Waals surface area contributed by atoms with Crippen LogP contribution in [0.4, 0.5) is 11.4 Å². The number of halogens is 2. The Balaban J connectivity index is 1.16. The van der Waals surface area contributed by atoms with E-state index in [1.165, 1.54) is 22.4 Å². The van der Waals surface area contributed by atoms with E-state index in [0.717, 1.165) is 32.2 Å². The number of methoxy groups -OCH3 is 1. The van der Waals surface area contributed by atoms with Crippen LogP contribution in [0.2, 0.25) is 0 Å². The number of fused-ring (bicyclic) bond motifs is 3. The molecule has 1 N–H and O–H groups in total. The van der Waals surface area contributed by atoms with Crippen molar-refractivity contribution >= 4 is 49.4 Å². The summed E-state index contributed by atoms with van der Waals surface area (Å²) in [5.41, 5.74) is 8.17. The molecule has 40 heavy (non-hydrogen) atoms. The van der Waals surface area contributed by atoms with Crippen molar-refractivity contribution in [1.82, 2.24) is 0 Å². The van der Waals surface area contributed by atoms with Crippen molar-refractivity contribution in [1.29, 1.82) is 0 Å². The number of hydrogen-bond acceptors (Lipinski definition) is 4. The van der Waals surface area contributed by atoms with Gasteiger partial charge in [0.15, 0.2) is 11.5 Å². The van der Waals surface area contributed by atoms with Crippen molar-refractivity contribution < 1.29 is 9.47 Å². The van der Waals surface area contributed by atoms with Crippen LogP contribution < -0.4 is 14.8 Å². The topological polar surface area (TPSA) is 42.8 Å². The molecule has 2 aliphatic rings. The normalized spacial score (nSPS) is 19.2. The van der Waals surface area contributed by atoms with Gasteiger partial charge in [0.1, 0.15) is 6.61 Å². The Labute approximate surface area is 252 Å². The third-order valence-corrected chi connectivity index (χ3v) is 8.80. The number of aryl methyl sites for hydroxylation is 1. The van der Waals surface area contributed by atoms with Crippen LogP contribution in [0.3, 0.4) is 0 Å². The zero-order valence-electron chi connectivity index (χ0n) is 22.4. The average Bonchev–Trinajstić information content (AvgIpc) is 3.47. The van der Waals surface area contributed by atoms with Crippen molar-refractivity contribution in [3.05, 3.63) is 128 Å². The molecule has 4 nitrogen and oxygen atoms in total. The fourth-order valence-corrected chi connectivity index (χ4v) is 6.49. The van der Waals surface area contributed by atoms with Gasteiger partial charge in [-0.25, -0.2) is 0 Å². The molecule has 0 bridgehead atoms. The van der Waals surface area contributed by atoms with Gasteiger partial charge in [0.05, 0.1) is 23.3 Å².